The van der Waals surface area contributed by atoms with Crippen LogP contribution < -0.4 is 4.74 Å². The highest BCUT2D eigenvalue weighted by Gasteiger charge is 2.30. The van der Waals surface area contributed by atoms with Gasteiger partial charge in [-0.15, -0.1) is 0 Å². The number of methoxy groups -OCH3 is 1. The third kappa shape index (κ3) is 3.59. The van der Waals surface area contributed by atoms with Gasteiger partial charge in [0, 0.05) is 0 Å². The second-order valence-electron chi connectivity index (χ2n) is 4.78. The number of ether oxygens (including phenoxy) is 1. The number of rotatable bonds is 7. The van der Waals surface area contributed by atoms with E-state index >= 15 is 0 Å². The van der Waals surface area contributed by atoms with Gasteiger partial charge in [-0.2, -0.15) is 0 Å². The van der Waals surface area contributed by atoms with Gasteiger partial charge in [-0.25, -0.2) is 0 Å². The molecule has 1 aromatic rings. The Morgan fingerprint density at radius 1 is 1.00 bits per heavy atom. The normalized spacial score (nSPS) is 13.4. The van der Waals surface area contributed by atoms with E-state index in [1.54, 1.807) is 7.11 Å². The minimum absolute atomic E-state index is 0.183. The molecule has 102 valence electrons. The molecule has 18 heavy (non-hydrogen) atoms. The maximum Gasteiger partial charge on any atom is 0.192 e. The summed E-state index contributed by atoms with van der Waals surface area (Å²) in [6, 6.07) is 11.8. The van der Waals surface area contributed by atoms with Gasteiger partial charge >= 0.3 is 0 Å². The zero-order valence-electron chi connectivity index (χ0n) is 12.3. The van der Waals surface area contributed by atoms with Crippen molar-refractivity contribution in [2.24, 2.45) is 0 Å². The van der Waals surface area contributed by atoms with E-state index in [-0.39, 0.29) is 6.10 Å². The standard InChI is InChI=1S/C15H26O2Si/c1-6-18(7-2,8-3)17-13(4)14-9-11-15(16-5)12-10-14/h9-13H,6-8H2,1-5H3/t13-/m0/s1. The highest BCUT2D eigenvalue weighted by Crippen LogP contribution is 2.30. The van der Waals surface area contributed by atoms with Crippen LogP contribution in [-0.2, 0) is 4.43 Å². The molecule has 0 saturated carbocycles. The molecule has 3 heteroatoms. The molecule has 0 aromatic heterocycles. The average Bonchev–Trinajstić information content (AvgIpc) is 2.45. The topological polar surface area (TPSA) is 18.5 Å². The first kappa shape index (κ1) is 15.3. The summed E-state index contributed by atoms with van der Waals surface area (Å²) in [5.74, 6) is 0.899. The molecule has 0 heterocycles. The molecule has 0 aliphatic heterocycles. The fourth-order valence-electron chi connectivity index (χ4n) is 2.32. The SMILES string of the molecule is CC[Si](CC)(CC)O[C@@H](C)c1ccc(OC)cc1. The molecule has 0 radical (unpaired) electrons. The first-order valence-electron chi connectivity index (χ1n) is 6.92. The molecular weight excluding hydrogens is 240 g/mol. The summed E-state index contributed by atoms with van der Waals surface area (Å²) in [6.07, 6.45) is 0.183. The van der Waals surface area contributed by atoms with Gasteiger partial charge in [0.2, 0.25) is 0 Å². The zero-order chi connectivity index (χ0) is 13.6. The minimum Gasteiger partial charge on any atom is -0.497 e. The quantitative estimate of drug-likeness (QED) is 0.661. The average molecular weight is 266 g/mol. The largest absolute Gasteiger partial charge is 0.497 e. The monoisotopic (exact) mass is 266 g/mol. The molecule has 0 unspecified atom stereocenters. The molecule has 1 rings (SSSR count). The van der Waals surface area contributed by atoms with E-state index in [2.05, 4.69) is 39.8 Å². The zero-order valence-corrected chi connectivity index (χ0v) is 13.3. The Labute approximate surface area is 112 Å². The molecule has 0 spiro atoms. The molecule has 0 amide bonds. The lowest BCUT2D eigenvalue weighted by Gasteiger charge is -2.32. The second kappa shape index (κ2) is 6.95. The lowest BCUT2D eigenvalue weighted by molar-refractivity contribution is 0.210. The molecule has 0 bridgehead atoms. The summed E-state index contributed by atoms with van der Waals surface area (Å²) in [5.41, 5.74) is 1.24. The Kier molecular flexibility index (Phi) is 5.89. The van der Waals surface area contributed by atoms with Crippen molar-refractivity contribution in [3.63, 3.8) is 0 Å². The van der Waals surface area contributed by atoms with Crippen LogP contribution in [0.4, 0.5) is 0 Å². The van der Waals surface area contributed by atoms with Gasteiger partial charge in [0.25, 0.3) is 0 Å². The third-order valence-corrected chi connectivity index (χ3v) is 8.66. The lowest BCUT2D eigenvalue weighted by atomic mass is 10.1. The summed E-state index contributed by atoms with van der Waals surface area (Å²) < 4.78 is 11.6. The molecule has 1 aromatic carbocycles. The van der Waals surface area contributed by atoms with Crippen LogP contribution in [0.1, 0.15) is 39.4 Å². The van der Waals surface area contributed by atoms with Gasteiger partial charge in [-0.05, 0) is 42.8 Å². The Balaban J connectivity index is 2.76. The predicted molar refractivity (Wildman–Crippen MR) is 79.7 cm³/mol. The molecule has 0 aliphatic rings. The van der Waals surface area contributed by atoms with Gasteiger partial charge in [-0.3, -0.25) is 0 Å². The fourth-order valence-corrected chi connectivity index (χ4v) is 5.20. The molecule has 0 fully saturated rings. The van der Waals surface area contributed by atoms with E-state index in [9.17, 15) is 0 Å². The number of hydrogen-bond donors (Lipinski definition) is 0. The Hall–Kier alpha value is -0.803. The van der Waals surface area contributed by atoms with Crippen LogP contribution in [0.25, 0.3) is 0 Å². The first-order valence-corrected chi connectivity index (χ1v) is 9.45. The van der Waals surface area contributed by atoms with Crippen molar-refractivity contribution in [2.75, 3.05) is 7.11 Å². The Morgan fingerprint density at radius 2 is 1.50 bits per heavy atom. The van der Waals surface area contributed by atoms with Crippen molar-refractivity contribution < 1.29 is 9.16 Å². The first-order chi connectivity index (χ1) is 8.60. The number of benzene rings is 1. The molecular formula is C15H26O2Si. The van der Waals surface area contributed by atoms with Crippen molar-refractivity contribution in [3.05, 3.63) is 29.8 Å². The van der Waals surface area contributed by atoms with Gasteiger partial charge in [0.15, 0.2) is 8.32 Å². The highest BCUT2D eigenvalue weighted by molar-refractivity contribution is 6.73. The summed E-state index contributed by atoms with van der Waals surface area (Å²) in [6.45, 7) is 8.95. The van der Waals surface area contributed by atoms with Crippen LogP contribution >= 0.6 is 0 Å². The second-order valence-corrected chi connectivity index (χ2v) is 9.50. The highest BCUT2D eigenvalue weighted by atomic mass is 28.4. The van der Waals surface area contributed by atoms with Crippen molar-refractivity contribution >= 4 is 8.32 Å². The predicted octanol–water partition coefficient (Wildman–Crippen LogP) is 4.78. The van der Waals surface area contributed by atoms with Crippen LogP contribution in [0.2, 0.25) is 18.1 Å². The maximum atomic E-state index is 6.44. The summed E-state index contributed by atoms with van der Waals surface area (Å²) in [4.78, 5) is 0. The Bertz CT molecular complexity index is 336. The van der Waals surface area contributed by atoms with E-state index in [1.807, 2.05) is 12.1 Å². The maximum absolute atomic E-state index is 6.44. The van der Waals surface area contributed by atoms with E-state index in [1.165, 1.54) is 23.7 Å². The molecule has 2 nitrogen and oxygen atoms in total. The van der Waals surface area contributed by atoms with Crippen molar-refractivity contribution in [2.45, 2.75) is 51.9 Å². The third-order valence-electron chi connectivity index (χ3n) is 3.95. The molecule has 0 N–H and O–H groups in total. The van der Waals surface area contributed by atoms with Crippen LogP contribution in [0, 0.1) is 0 Å². The van der Waals surface area contributed by atoms with Crippen molar-refractivity contribution in [3.8, 4) is 5.75 Å². The van der Waals surface area contributed by atoms with E-state index in [4.69, 9.17) is 9.16 Å². The van der Waals surface area contributed by atoms with Gasteiger partial charge in [-0.1, -0.05) is 32.9 Å². The van der Waals surface area contributed by atoms with Gasteiger partial charge in [0.1, 0.15) is 5.75 Å². The van der Waals surface area contributed by atoms with Gasteiger partial charge < -0.3 is 9.16 Å². The van der Waals surface area contributed by atoms with Crippen molar-refractivity contribution in [1.29, 1.82) is 0 Å². The van der Waals surface area contributed by atoms with E-state index in [0.29, 0.717) is 0 Å². The van der Waals surface area contributed by atoms with Crippen LogP contribution in [0.5, 0.6) is 5.75 Å². The van der Waals surface area contributed by atoms with Crippen LogP contribution in [0.15, 0.2) is 24.3 Å². The lowest BCUT2D eigenvalue weighted by Crippen LogP contribution is -2.36. The Morgan fingerprint density at radius 3 is 1.89 bits per heavy atom. The fraction of sp³-hybridized carbons (Fsp3) is 0.600. The van der Waals surface area contributed by atoms with E-state index < -0.39 is 8.32 Å². The number of hydrogen-bond acceptors (Lipinski definition) is 2. The summed E-state index contributed by atoms with van der Waals surface area (Å²) in [7, 11) is 0.176. The van der Waals surface area contributed by atoms with Crippen molar-refractivity contribution in [1.82, 2.24) is 0 Å². The van der Waals surface area contributed by atoms with Gasteiger partial charge in [0.05, 0.1) is 13.2 Å². The van der Waals surface area contributed by atoms with E-state index in [0.717, 1.165) is 5.75 Å². The molecule has 0 saturated heterocycles. The van der Waals surface area contributed by atoms with Crippen LogP contribution in [-0.4, -0.2) is 15.4 Å². The summed E-state index contributed by atoms with van der Waals surface area (Å²) >= 11 is 0. The molecule has 0 aliphatic carbocycles. The smallest absolute Gasteiger partial charge is 0.192 e. The minimum atomic E-state index is -1.52. The van der Waals surface area contributed by atoms with Crippen LogP contribution in [0.3, 0.4) is 0 Å². The summed E-state index contributed by atoms with van der Waals surface area (Å²) in [5, 5.41) is 0. The molecule has 1 atom stereocenters.